The lowest BCUT2D eigenvalue weighted by atomic mass is 10.2. The van der Waals surface area contributed by atoms with E-state index in [1.54, 1.807) is 18.0 Å². The second-order valence-electron chi connectivity index (χ2n) is 4.24. The first-order valence-corrected chi connectivity index (χ1v) is 6.84. The molecule has 1 fully saturated rings. The van der Waals surface area contributed by atoms with E-state index in [4.69, 9.17) is 5.26 Å². The van der Waals surface area contributed by atoms with Gasteiger partial charge >= 0.3 is 0 Å². The number of nitrogens with one attached hydrogen (secondary N) is 1. The average molecular weight is 248 g/mol. The minimum absolute atomic E-state index is 0.0280. The van der Waals surface area contributed by atoms with Gasteiger partial charge in [-0.25, -0.2) is 9.97 Å². The number of hydrogen-bond acceptors (Lipinski definition) is 5. The summed E-state index contributed by atoms with van der Waals surface area (Å²) in [5.74, 6) is 0.876. The molecule has 0 amide bonds. The van der Waals surface area contributed by atoms with Crippen LogP contribution in [0.1, 0.15) is 25.0 Å². The zero-order valence-corrected chi connectivity index (χ0v) is 10.7. The van der Waals surface area contributed by atoms with Crippen LogP contribution >= 0.6 is 11.8 Å². The number of aryl methyl sites for hydroxylation is 1. The summed E-state index contributed by atoms with van der Waals surface area (Å²) < 4.78 is 0. The smallest absolute Gasteiger partial charge is 0.187 e. The summed E-state index contributed by atoms with van der Waals surface area (Å²) in [6.07, 6.45) is 5.04. The van der Waals surface area contributed by atoms with Gasteiger partial charge in [-0.1, -0.05) is 11.8 Å². The molecule has 0 spiro atoms. The van der Waals surface area contributed by atoms with Gasteiger partial charge < -0.3 is 0 Å². The lowest BCUT2D eigenvalue weighted by Gasteiger charge is -2.09. The van der Waals surface area contributed by atoms with Crippen LogP contribution in [0, 0.1) is 18.3 Å². The highest BCUT2D eigenvalue weighted by atomic mass is 32.2. The van der Waals surface area contributed by atoms with Crippen molar-refractivity contribution in [2.75, 3.05) is 5.75 Å². The molecule has 1 aromatic heterocycles. The van der Waals surface area contributed by atoms with Crippen molar-refractivity contribution in [1.82, 2.24) is 15.3 Å². The molecule has 0 aromatic carbocycles. The molecule has 17 heavy (non-hydrogen) atoms. The molecule has 1 unspecified atom stereocenters. The zero-order valence-electron chi connectivity index (χ0n) is 9.89. The molecule has 4 nitrogen and oxygen atoms in total. The largest absolute Gasteiger partial charge is 0.299 e. The SMILES string of the molecule is Cc1ccnc(SCCC(C#N)NC2CC2)n1. The summed E-state index contributed by atoms with van der Waals surface area (Å²) in [5.41, 5.74) is 0.982. The van der Waals surface area contributed by atoms with E-state index in [0.717, 1.165) is 23.0 Å². The first-order chi connectivity index (χ1) is 8.28. The second kappa shape index (κ2) is 5.99. The molecule has 1 saturated carbocycles. The van der Waals surface area contributed by atoms with Gasteiger partial charge in [-0.15, -0.1) is 0 Å². The molecule has 0 saturated heterocycles. The number of rotatable bonds is 6. The monoisotopic (exact) mass is 248 g/mol. The minimum atomic E-state index is -0.0280. The Bertz CT molecular complexity index is 411. The summed E-state index contributed by atoms with van der Waals surface area (Å²) in [7, 11) is 0. The molecule has 1 N–H and O–H groups in total. The maximum Gasteiger partial charge on any atom is 0.187 e. The molecule has 1 aliphatic carbocycles. The fourth-order valence-corrected chi connectivity index (χ4v) is 2.36. The van der Waals surface area contributed by atoms with Crippen LogP contribution in [0.15, 0.2) is 17.4 Å². The number of thioether (sulfide) groups is 1. The van der Waals surface area contributed by atoms with E-state index < -0.39 is 0 Å². The van der Waals surface area contributed by atoms with E-state index in [2.05, 4.69) is 21.4 Å². The molecule has 0 bridgehead atoms. The van der Waals surface area contributed by atoms with Gasteiger partial charge in [0.1, 0.15) is 0 Å². The summed E-state index contributed by atoms with van der Waals surface area (Å²) in [4.78, 5) is 8.50. The molecule has 1 heterocycles. The Hall–Kier alpha value is -1.12. The van der Waals surface area contributed by atoms with E-state index in [1.165, 1.54) is 12.8 Å². The van der Waals surface area contributed by atoms with Crippen LogP contribution in [0.5, 0.6) is 0 Å². The summed E-state index contributed by atoms with van der Waals surface area (Å²) in [5, 5.41) is 13.1. The fourth-order valence-electron chi connectivity index (χ4n) is 1.48. The van der Waals surface area contributed by atoms with Crippen LogP contribution in [-0.2, 0) is 0 Å². The zero-order chi connectivity index (χ0) is 12.1. The Labute approximate surface area is 106 Å². The molecule has 0 radical (unpaired) electrons. The van der Waals surface area contributed by atoms with E-state index in [1.807, 2.05) is 13.0 Å². The molecule has 1 aromatic rings. The van der Waals surface area contributed by atoms with E-state index in [9.17, 15) is 0 Å². The van der Waals surface area contributed by atoms with Crippen LogP contribution in [0.2, 0.25) is 0 Å². The van der Waals surface area contributed by atoms with Crippen LogP contribution < -0.4 is 5.32 Å². The minimum Gasteiger partial charge on any atom is -0.299 e. The highest BCUT2D eigenvalue weighted by molar-refractivity contribution is 7.99. The van der Waals surface area contributed by atoms with Gasteiger partial charge in [0.2, 0.25) is 0 Å². The van der Waals surface area contributed by atoms with Gasteiger partial charge in [0, 0.05) is 23.7 Å². The van der Waals surface area contributed by atoms with Crippen LogP contribution in [0.3, 0.4) is 0 Å². The Morgan fingerprint density at radius 3 is 3.12 bits per heavy atom. The van der Waals surface area contributed by atoms with E-state index in [-0.39, 0.29) is 6.04 Å². The van der Waals surface area contributed by atoms with Gasteiger partial charge in [0.15, 0.2) is 5.16 Å². The lowest BCUT2D eigenvalue weighted by molar-refractivity contribution is 0.587. The number of hydrogen-bond donors (Lipinski definition) is 1. The molecular weight excluding hydrogens is 232 g/mol. The third-order valence-corrected chi connectivity index (χ3v) is 3.48. The third kappa shape index (κ3) is 4.33. The van der Waals surface area contributed by atoms with Gasteiger partial charge in [-0.2, -0.15) is 5.26 Å². The predicted molar refractivity (Wildman–Crippen MR) is 67.7 cm³/mol. The van der Waals surface area contributed by atoms with Crippen molar-refractivity contribution in [3.8, 4) is 6.07 Å². The van der Waals surface area contributed by atoms with Crippen molar-refractivity contribution in [3.63, 3.8) is 0 Å². The van der Waals surface area contributed by atoms with Crippen LogP contribution in [-0.4, -0.2) is 27.8 Å². The third-order valence-electron chi connectivity index (χ3n) is 2.58. The topological polar surface area (TPSA) is 61.6 Å². The molecule has 5 heteroatoms. The van der Waals surface area contributed by atoms with Gasteiger partial charge in [-0.05, 0) is 32.3 Å². The Morgan fingerprint density at radius 1 is 1.65 bits per heavy atom. The Kier molecular flexibility index (Phi) is 4.35. The molecule has 90 valence electrons. The first-order valence-electron chi connectivity index (χ1n) is 5.86. The normalized spacial score (nSPS) is 16.5. The number of aromatic nitrogens is 2. The fraction of sp³-hybridized carbons (Fsp3) is 0.583. The highest BCUT2D eigenvalue weighted by Crippen LogP contribution is 2.21. The van der Waals surface area contributed by atoms with Crippen LogP contribution in [0.4, 0.5) is 0 Å². The maximum atomic E-state index is 8.99. The maximum absolute atomic E-state index is 8.99. The number of nitrogens with zero attached hydrogens (tertiary/aromatic N) is 3. The Balaban J connectivity index is 1.72. The molecule has 1 atom stereocenters. The highest BCUT2D eigenvalue weighted by Gasteiger charge is 2.24. The molecule has 1 aliphatic rings. The molecule has 0 aliphatic heterocycles. The lowest BCUT2D eigenvalue weighted by Crippen LogP contribution is -2.29. The van der Waals surface area contributed by atoms with Crippen molar-refractivity contribution in [1.29, 1.82) is 5.26 Å². The first kappa shape index (κ1) is 12.3. The molecular formula is C12H16N4S. The van der Waals surface area contributed by atoms with Crippen molar-refractivity contribution in [2.45, 2.75) is 43.4 Å². The average Bonchev–Trinajstić information content (AvgIpc) is 3.12. The van der Waals surface area contributed by atoms with Gasteiger partial charge in [0.25, 0.3) is 0 Å². The van der Waals surface area contributed by atoms with Gasteiger partial charge in [-0.3, -0.25) is 5.32 Å². The van der Waals surface area contributed by atoms with Crippen LogP contribution in [0.25, 0.3) is 0 Å². The summed E-state index contributed by atoms with van der Waals surface area (Å²) in [6.45, 7) is 1.96. The predicted octanol–water partition coefficient (Wildman–Crippen LogP) is 1.91. The quantitative estimate of drug-likeness (QED) is 0.615. The van der Waals surface area contributed by atoms with Gasteiger partial charge in [0.05, 0.1) is 12.1 Å². The number of nitriles is 1. The van der Waals surface area contributed by atoms with Crippen molar-refractivity contribution in [2.24, 2.45) is 0 Å². The van der Waals surface area contributed by atoms with Crippen molar-refractivity contribution >= 4 is 11.8 Å². The van der Waals surface area contributed by atoms with E-state index >= 15 is 0 Å². The standard InChI is InChI=1S/C12H16N4S/c1-9-4-6-14-12(15-9)17-7-5-11(8-13)16-10-2-3-10/h4,6,10-11,16H,2-3,5,7H2,1H3. The second-order valence-corrected chi connectivity index (χ2v) is 5.30. The molecule has 2 rings (SSSR count). The van der Waals surface area contributed by atoms with Crippen molar-refractivity contribution in [3.05, 3.63) is 18.0 Å². The Morgan fingerprint density at radius 2 is 2.47 bits per heavy atom. The van der Waals surface area contributed by atoms with Crippen molar-refractivity contribution < 1.29 is 0 Å². The van der Waals surface area contributed by atoms with E-state index in [0.29, 0.717) is 6.04 Å². The summed E-state index contributed by atoms with van der Waals surface area (Å²) in [6, 6.07) is 4.75. The summed E-state index contributed by atoms with van der Waals surface area (Å²) >= 11 is 1.61.